The molecule has 0 bridgehead atoms. The first kappa shape index (κ1) is 15.1. The Morgan fingerprint density at radius 2 is 1.63 bits per heavy atom. The summed E-state index contributed by atoms with van der Waals surface area (Å²) in [4.78, 5) is 10.6. The number of amides is 1. The number of carbonyl (C=O) groups is 1. The number of aryl methyl sites for hydroxylation is 1. The minimum atomic E-state index is -0.770. The Morgan fingerprint density at radius 1 is 1.11 bits per heavy atom. The van der Waals surface area contributed by atoms with Gasteiger partial charge in [0, 0.05) is 12.0 Å². The summed E-state index contributed by atoms with van der Waals surface area (Å²) >= 11 is 0. The molecule has 2 N–H and O–H groups in total. The Kier molecular flexibility index (Phi) is 5.99. The maximum Gasteiger partial charge on any atom is 0.404 e. The molecule has 0 fully saturated rings. The molecule has 0 aliphatic heterocycles. The van der Waals surface area contributed by atoms with E-state index < -0.39 is 6.09 Å². The molecule has 0 heterocycles. The molecule has 0 spiro atoms. The molecule has 0 radical (unpaired) electrons. The van der Waals surface area contributed by atoms with Crippen molar-refractivity contribution in [1.29, 1.82) is 0 Å². The van der Waals surface area contributed by atoms with Crippen LogP contribution in [0.25, 0.3) is 0 Å². The van der Waals surface area contributed by atoms with E-state index in [-0.39, 0.29) is 6.61 Å². The van der Waals surface area contributed by atoms with Crippen LogP contribution in [-0.2, 0) is 17.6 Å². The average molecular weight is 267 g/mol. The number of ether oxygens (including phenoxy) is 3. The van der Waals surface area contributed by atoms with Gasteiger partial charge >= 0.3 is 6.09 Å². The Hall–Kier alpha value is -1.91. The van der Waals surface area contributed by atoms with Gasteiger partial charge in [0.15, 0.2) is 0 Å². The summed E-state index contributed by atoms with van der Waals surface area (Å²) < 4.78 is 15.5. The van der Waals surface area contributed by atoms with E-state index >= 15 is 0 Å². The van der Waals surface area contributed by atoms with Crippen LogP contribution >= 0.6 is 0 Å². The van der Waals surface area contributed by atoms with Crippen molar-refractivity contribution in [3.63, 3.8) is 0 Å². The fraction of sp³-hybridized carbons (Fsp3) is 0.500. The van der Waals surface area contributed by atoms with E-state index in [4.69, 9.17) is 19.9 Å². The number of benzene rings is 1. The highest BCUT2D eigenvalue weighted by Crippen LogP contribution is 2.30. The first-order valence-corrected chi connectivity index (χ1v) is 6.28. The smallest absolute Gasteiger partial charge is 0.404 e. The molecule has 1 aromatic rings. The van der Waals surface area contributed by atoms with Crippen LogP contribution in [-0.4, -0.2) is 26.9 Å². The second-order valence-electron chi connectivity index (χ2n) is 4.14. The van der Waals surface area contributed by atoms with Crippen molar-refractivity contribution in [2.75, 3.05) is 20.8 Å². The molecule has 1 rings (SSSR count). The summed E-state index contributed by atoms with van der Waals surface area (Å²) in [7, 11) is 3.26. The van der Waals surface area contributed by atoms with Crippen LogP contribution < -0.4 is 15.2 Å². The number of methoxy groups -OCH3 is 2. The number of carbonyl (C=O) groups excluding carboxylic acids is 1. The summed E-state index contributed by atoms with van der Waals surface area (Å²) in [6, 6.07) is 3.90. The fourth-order valence-electron chi connectivity index (χ4n) is 1.95. The van der Waals surface area contributed by atoms with Crippen molar-refractivity contribution >= 4 is 6.09 Å². The molecule has 0 unspecified atom stereocenters. The van der Waals surface area contributed by atoms with E-state index in [1.165, 1.54) is 0 Å². The van der Waals surface area contributed by atoms with Gasteiger partial charge in [0.25, 0.3) is 0 Å². The van der Waals surface area contributed by atoms with Gasteiger partial charge in [-0.2, -0.15) is 0 Å². The molecule has 0 aliphatic rings. The zero-order valence-electron chi connectivity index (χ0n) is 11.7. The van der Waals surface area contributed by atoms with Crippen LogP contribution in [0, 0.1) is 0 Å². The standard InChI is InChI=1S/C14H21NO4/c1-4-5-10-8-13(18-3)11(9-12(10)17-2)6-7-19-14(15)16/h8-9H,4-7H2,1-3H3,(H2,15,16). The Labute approximate surface area is 113 Å². The molecule has 5 nitrogen and oxygen atoms in total. The predicted octanol–water partition coefficient (Wildman–Crippen LogP) is 2.29. The highest BCUT2D eigenvalue weighted by molar-refractivity contribution is 5.64. The third-order valence-corrected chi connectivity index (χ3v) is 2.82. The highest BCUT2D eigenvalue weighted by Gasteiger charge is 2.11. The first-order valence-electron chi connectivity index (χ1n) is 6.28. The van der Waals surface area contributed by atoms with E-state index in [2.05, 4.69) is 6.92 Å². The first-order chi connectivity index (χ1) is 9.12. The molecule has 19 heavy (non-hydrogen) atoms. The quantitative estimate of drug-likeness (QED) is 0.822. The van der Waals surface area contributed by atoms with E-state index in [9.17, 15) is 4.79 Å². The minimum absolute atomic E-state index is 0.224. The number of nitrogens with two attached hydrogens (primary N) is 1. The van der Waals surface area contributed by atoms with Crippen molar-refractivity contribution in [1.82, 2.24) is 0 Å². The van der Waals surface area contributed by atoms with Crippen LogP contribution in [0.2, 0.25) is 0 Å². The van der Waals surface area contributed by atoms with E-state index in [0.29, 0.717) is 6.42 Å². The fourth-order valence-corrected chi connectivity index (χ4v) is 1.95. The second-order valence-corrected chi connectivity index (χ2v) is 4.14. The second kappa shape index (κ2) is 7.51. The normalized spacial score (nSPS) is 10.1. The van der Waals surface area contributed by atoms with Gasteiger partial charge < -0.3 is 19.9 Å². The summed E-state index contributed by atoms with van der Waals surface area (Å²) in [5, 5.41) is 0. The van der Waals surface area contributed by atoms with Crippen LogP contribution in [0.1, 0.15) is 24.5 Å². The predicted molar refractivity (Wildman–Crippen MR) is 72.8 cm³/mol. The summed E-state index contributed by atoms with van der Waals surface area (Å²) in [6.07, 6.45) is 1.73. The van der Waals surface area contributed by atoms with Gasteiger partial charge in [0.2, 0.25) is 0 Å². The van der Waals surface area contributed by atoms with Crippen molar-refractivity contribution in [3.05, 3.63) is 23.3 Å². The average Bonchev–Trinajstić information content (AvgIpc) is 2.39. The Bertz CT molecular complexity index is 432. The lowest BCUT2D eigenvalue weighted by Crippen LogP contribution is -2.15. The number of primary amides is 1. The lowest BCUT2D eigenvalue weighted by molar-refractivity contribution is 0.158. The molecule has 0 atom stereocenters. The van der Waals surface area contributed by atoms with Crippen LogP contribution in [0.15, 0.2) is 12.1 Å². The number of rotatable bonds is 7. The summed E-state index contributed by atoms with van der Waals surface area (Å²) in [5.74, 6) is 1.61. The number of hydrogen-bond acceptors (Lipinski definition) is 4. The topological polar surface area (TPSA) is 70.8 Å². The molecular formula is C14H21NO4. The Balaban J connectivity index is 2.92. The van der Waals surface area contributed by atoms with Crippen LogP contribution in [0.5, 0.6) is 11.5 Å². The van der Waals surface area contributed by atoms with Gasteiger partial charge in [-0.1, -0.05) is 13.3 Å². The molecule has 5 heteroatoms. The lowest BCUT2D eigenvalue weighted by Gasteiger charge is -2.14. The van der Waals surface area contributed by atoms with Gasteiger partial charge in [-0.05, 0) is 24.1 Å². The zero-order valence-corrected chi connectivity index (χ0v) is 11.7. The summed E-state index contributed by atoms with van der Waals surface area (Å²) in [5.41, 5.74) is 6.97. The van der Waals surface area contributed by atoms with Gasteiger partial charge in [-0.3, -0.25) is 0 Å². The van der Waals surface area contributed by atoms with E-state index in [1.54, 1.807) is 14.2 Å². The molecule has 1 amide bonds. The van der Waals surface area contributed by atoms with Gasteiger partial charge in [0.05, 0.1) is 20.8 Å². The van der Waals surface area contributed by atoms with Crippen molar-refractivity contribution < 1.29 is 19.0 Å². The largest absolute Gasteiger partial charge is 0.496 e. The molecule has 0 aromatic heterocycles. The van der Waals surface area contributed by atoms with Crippen molar-refractivity contribution in [2.45, 2.75) is 26.2 Å². The molecule has 1 aromatic carbocycles. The Morgan fingerprint density at radius 3 is 2.05 bits per heavy atom. The maximum absolute atomic E-state index is 10.6. The lowest BCUT2D eigenvalue weighted by atomic mass is 10.0. The molecule has 0 saturated heterocycles. The van der Waals surface area contributed by atoms with Gasteiger partial charge in [0.1, 0.15) is 11.5 Å². The SMILES string of the molecule is CCCc1cc(OC)c(CCOC(N)=O)cc1OC. The summed E-state index contributed by atoms with van der Waals surface area (Å²) in [6.45, 7) is 2.34. The van der Waals surface area contributed by atoms with Crippen molar-refractivity contribution in [2.24, 2.45) is 5.73 Å². The van der Waals surface area contributed by atoms with E-state index in [1.807, 2.05) is 12.1 Å². The molecular weight excluding hydrogens is 246 g/mol. The maximum atomic E-state index is 10.6. The van der Waals surface area contributed by atoms with E-state index in [0.717, 1.165) is 35.5 Å². The third kappa shape index (κ3) is 4.35. The minimum Gasteiger partial charge on any atom is -0.496 e. The molecule has 0 aliphatic carbocycles. The number of hydrogen-bond donors (Lipinski definition) is 1. The molecule has 0 saturated carbocycles. The zero-order chi connectivity index (χ0) is 14.3. The third-order valence-electron chi connectivity index (χ3n) is 2.82. The van der Waals surface area contributed by atoms with Gasteiger partial charge in [-0.25, -0.2) is 4.79 Å². The highest BCUT2D eigenvalue weighted by atomic mass is 16.5. The van der Waals surface area contributed by atoms with Gasteiger partial charge in [-0.15, -0.1) is 0 Å². The molecule has 106 valence electrons. The van der Waals surface area contributed by atoms with Crippen LogP contribution in [0.3, 0.4) is 0 Å². The van der Waals surface area contributed by atoms with Crippen molar-refractivity contribution in [3.8, 4) is 11.5 Å². The monoisotopic (exact) mass is 267 g/mol. The van der Waals surface area contributed by atoms with Crippen LogP contribution in [0.4, 0.5) is 4.79 Å².